The molecule has 0 aromatic rings. The molecule has 0 aliphatic carbocycles. The van der Waals surface area contributed by atoms with Crippen LogP contribution in [0, 0.1) is 59.7 Å². The molecule has 0 heterocycles. The van der Waals surface area contributed by atoms with Crippen molar-refractivity contribution in [2.75, 3.05) is 0 Å². The summed E-state index contributed by atoms with van der Waals surface area (Å²) in [6, 6.07) is 0. The smallest absolute Gasteiger partial charge is 0.300 e. The molecule has 0 spiro atoms. The second kappa shape index (κ2) is 113. The third kappa shape index (κ3) is 98.0. The predicted octanol–water partition coefficient (Wildman–Crippen LogP) is 35.8. The second-order valence-electron chi connectivity index (χ2n) is 7.18. The summed E-state index contributed by atoms with van der Waals surface area (Å²) in [4.78, 5) is 9.00. The third-order valence-electron chi connectivity index (χ3n) is 4.35. The van der Waals surface area contributed by atoms with Crippen LogP contribution in [-0.4, -0.2) is 262 Å². The van der Waals surface area contributed by atoms with Crippen LogP contribution in [0.2, 0.25) is 0 Å². The van der Waals surface area contributed by atoms with Crippen molar-refractivity contribution in [2.24, 2.45) is 0 Å². The fourth-order valence-corrected chi connectivity index (χ4v) is 3.08. The summed E-state index contributed by atoms with van der Waals surface area (Å²) in [5.74, 6) is 21.1. The molecule has 58 heavy (non-hydrogen) atoms. The molecule has 0 aliphatic heterocycles. The minimum atomic E-state index is -0.879. The third-order valence-corrected chi connectivity index (χ3v) is 4.35. The zero-order valence-corrected chi connectivity index (χ0v) is 41.0. The second-order valence-corrected chi connectivity index (χ2v) is 7.18. The quantitative estimate of drug-likeness (QED) is 0.185. The van der Waals surface area contributed by atoms with Crippen molar-refractivity contribution in [3.8, 4) is 59.7 Å². The Labute approximate surface area is 750 Å². The molecule has 0 atom stereocenters. The summed E-state index contributed by atoms with van der Waals surface area (Å²) in [5, 5.41) is 7.42. The molecular formula is C19H388B33O2W2Y2. The van der Waals surface area contributed by atoms with Gasteiger partial charge in [0.25, 0.3) is 5.97 Å². The molecule has 2 nitrogen and oxygen atoms in total. The van der Waals surface area contributed by atoms with E-state index in [9.17, 15) is 0 Å². The monoisotopic (exact) mass is 1560 g/mol. The molecule has 1 N–H and O–H groups in total. The Kier molecular flexibility index (Phi) is 330. The SMILES string of the molecule is C.C.C.C.C.C.C#CC#CC#CC#CC#CC.CC(=O)O.[B].[B].[B].[B].[B].[B].[B].[B].[B].[B].[B].[B].[B][B]B(B([B])[B])B(B(B([B])[B])B([B])[B])B(B([B])[B])B([B])[B].[HH].[HH].[HH].[HH].[HH].[HH].[HH].[HH].[HH].[HH].[HH].[HH].[HH].[HH].[HH].[HH].[HH].[HH].[HH].[HH].[HH].[HH].[HH].[HH].[HH].[HH].[HH].[HH].[HH].[HH].[HH].[HH].[HH].[HH].[HH].[HH].[HH].[HH].[HH].[HH].[HH].[HH].[HH].[HH].[HH].[HH].[HH].[HH].[HH].[HH].[HH].[HH].[HH].[HH].[HH].[HH].[HH].[HH].[HH].[HH].[HH].[HH].[HH].[HH].[HH].[HH].[HH].[HH].[HH].[HH].[HH].[HH].[HH].[HH].[HH].[HH].[HH].[HH].[HH].[HH].[HH].[HH].[HH].[HH].[HH].[HH].[HH].[HH].[HH].[HH].[HH].[HH].[HH].[HH].[HH].[HH].[HH].[HH].[HH].[HH].[HH].[HH].[HH].[HH].[HH].[HH].[HH].[HH].[HH].[HH].[HH].[HH].[HH].[HH].[HH].[HH].[HH].[HH].[HH].[HH].[HH].[HH].[HH].[HH].[HH].[HH].[HH].[HH].[HH].[HH].[HH].[HH].[HH].[HH].[HH].[HH].[HH].[HH].[HH].[HH].[HH].[HH].[HH].[HH].[HH].[HH].[HH].[HH].[HH].[HH].[HH].[HH].[HH].[HH].[HH].[HH].[HH].[HH].[HH].[HH].[HH].[HH].[HH].[HH].[HH].[HH].[HH].[HH].[HH].[HH].[HH].[HH].[HH].[HH].[HH].[HH].[HH].[HH].[W].[W].[Y].[Y]. The number of aliphatic carboxylic acids is 1. The first-order chi connectivity index (χ1) is 16.7. The van der Waals surface area contributed by atoms with Crippen LogP contribution in [-0.2, 0) is 112 Å². The molecule has 0 saturated heterocycles. The van der Waals surface area contributed by atoms with Gasteiger partial charge in [-0.3, -0.25) is 4.79 Å². The van der Waals surface area contributed by atoms with Gasteiger partial charge in [0.15, 0.2) is 0 Å². The zero-order chi connectivity index (χ0) is 28.8. The summed E-state index contributed by atoms with van der Waals surface area (Å²) < 4.78 is 0. The molecule has 0 aromatic carbocycles. The standard InChI is InChI=1S/C11H4.C2H4O2.6CH4.B21.12B.2W.2Y.178H2/c1-3-5-7-9-11-10-8-6-4-2;1-2(3)4;;;;;;;1-12-18(13(2)3)21(19(14(4)5)15(6)7)20(16(8)9)17(10)11;;;;;;;;;;;;;;;;;;;;;;;;;;;;;;;;;;;;;;;;;;;;;;;;;;;;;;;;;;;;;;;;;;;;;;;;;;;;;;;;;;;;;;;;;;;;;;;;;;;;;;;;;;;;;;;;;;;;;;;;;;;;;;;;;;;;;;;;;;;;;;;;;;;;;;;;;;;;;;;;;;;;;;;;;;;;;;;;;;;;;;;;;;;;;;;;;;/h1H,2H3;1H3,(H,3,4);6*1H4;;;;;;;;;;;;;;;;;;178*1H. The number of carboxylic acid groups (broad SMARTS) is 1. The number of carbonyl (C=O) groups is 1. The molecule has 0 fully saturated rings. The number of carboxylic acids is 1. The van der Waals surface area contributed by atoms with Crippen molar-refractivity contribution in [1.29, 1.82) is 0 Å². The maximum absolute atomic E-state index is 9.00. The minimum Gasteiger partial charge on any atom is -0.481 e. The van der Waals surface area contributed by atoms with E-state index >= 15 is 0 Å². The molecule has 593 valence electrons. The van der Waals surface area contributed by atoms with Crippen LogP contribution in [0.5, 0.6) is 0 Å². The molecule has 39 heteroatoms. The van der Waals surface area contributed by atoms with Gasteiger partial charge in [-0.2, -0.15) is 0 Å². The van der Waals surface area contributed by atoms with Crippen LogP contribution in [0.15, 0.2) is 0 Å². The van der Waals surface area contributed by atoms with E-state index in [-0.39, 0.29) is 507 Å². The first kappa shape index (κ1) is 169. The molecule has 0 amide bonds. The zero-order valence-electron chi connectivity index (χ0n) is 29.5. The summed E-state index contributed by atoms with van der Waals surface area (Å²) in [6.45, 7) is 2.79. The van der Waals surface area contributed by atoms with Crippen LogP contribution < -0.4 is 0 Å². The average Bonchev–Trinajstić information content (AvgIpc) is 2.72. The van der Waals surface area contributed by atoms with E-state index in [1.807, 2.05) is 0 Å². The summed E-state index contributed by atoms with van der Waals surface area (Å²) >= 11 is 0. The van der Waals surface area contributed by atoms with Gasteiger partial charge in [-0.25, -0.2) is 0 Å². The van der Waals surface area contributed by atoms with E-state index in [0.29, 0.717) is 0 Å². The van der Waals surface area contributed by atoms with E-state index in [2.05, 4.69) is 53.3 Å². The number of hydrogen-bond donors (Lipinski definition) is 1. The Hall–Kier alpha value is 3.00. The fourth-order valence-electron chi connectivity index (χ4n) is 3.08. The van der Waals surface area contributed by atoms with Crippen LogP contribution >= 0.6 is 0 Å². The predicted molar refractivity (Wildman–Crippen MR) is 665 cm³/mol. The van der Waals surface area contributed by atoms with Crippen molar-refractivity contribution >= 4 is 257 Å². The molecule has 0 unspecified atom stereocenters. The van der Waals surface area contributed by atoms with E-state index in [4.69, 9.17) is 101 Å². The van der Waals surface area contributed by atoms with Crippen molar-refractivity contribution in [1.82, 2.24) is 0 Å². The molecule has 0 saturated carbocycles. The van der Waals surface area contributed by atoms with Gasteiger partial charge in [0.2, 0.25) is 0 Å². The maximum Gasteiger partial charge on any atom is 0.300 e. The number of terminal acetylenes is 1. The summed E-state index contributed by atoms with van der Waals surface area (Å²) in [5.41, 5.74) is 0. The van der Waals surface area contributed by atoms with Crippen LogP contribution in [0.25, 0.3) is 0 Å². The maximum atomic E-state index is 9.00. The first-order valence-electron chi connectivity index (χ1n) is 10.4. The molecule has 61 radical (unpaired) electrons. The Bertz CT molecular complexity index is 1110. The van der Waals surface area contributed by atoms with Gasteiger partial charge in [0.05, 0.1) is 0 Å². The van der Waals surface area contributed by atoms with Crippen LogP contribution in [0.3, 0.4) is 0 Å². The summed E-state index contributed by atoms with van der Waals surface area (Å²) in [7, 11) is 64.8. The van der Waals surface area contributed by atoms with Crippen molar-refractivity contribution < 1.29 is 371 Å². The van der Waals surface area contributed by atoms with E-state index < -0.39 is 63.4 Å². The van der Waals surface area contributed by atoms with E-state index in [1.165, 1.54) is 7.06 Å². The Morgan fingerprint density at radius 2 is 0.690 bits per heavy atom. The van der Waals surface area contributed by atoms with Crippen molar-refractivity contribution in [2.45, 2.75) is 58.4 Å². The first-order valence-corrected chi connectivity index (χ1v) is 10.4. The van der Waals surface area contributed by atoms with Crippen molar-refractivity contribution in [3.63, 3.8) is 0 Å². The summed E-state index contributed by atoms with van der Waals surface area (Å²) in [6.07, 6.45) is -1.94. The topological polar surface area (TPSA) is 37.3 Å². The van der Waals surface area contributed by atoms with Gasteiger partial charge in [-0.05, 0) is 54.3 Å². The Morgan fingerprint density at radius 1 is 0.500 bits per heavy atom. The molecule has 0 rings (SSSR count). The van der Waals surface area contributed by atoms with Gasteiger partial charge in [-0.15, -0.1) is 6.42 Å². The van der Waals surface area contributed by atoms with Gasteiger partial charge in [0, 0.05) is 619 Å². The van der Waals surface area contributed by atoms with Gasteiger partial charge in [-0.1, -0.05) is 50.5 Å². The van der Waals surface area contributed by atoms with E-state index in [1.54, 1.807) is 6.92 Å². The van der Waals surface area contributed by atoms with Gasteiger partial charge < -0.3 is 5.11 Å². The largest absolute Gasteiger partial charge is 0.481 e. The molecule has 0 aliphatic rings. The van der Waals surface area contributed by atoms with Gasteiger partial charge in [0.1, 0.15) is 0 Å². The van der Waals surface area contributed by atoms with E-state index in [0.717, 1.165) is 6.92 Å². The van der Waals surface area contributed by atoms with Crippen LogP contribution in [0.1, 0.15) is 312 Å². The minimum absolute atomic E-state index is 0. The average molecular weight is 1550 g/mol. The van der Waals surface area contributed by atoms with Gasteiger partial charge >= 0.3 is 0 Å². The van der Waals surface area contributed by atoms with Crippen LogP contribution in [0.4, 0.5) is 0 Å². The Morgan fingerprint density at radius 3 is 0.828 bits per heavy atom. The van der Waals surface area contributed by atoms with Crippen molar-refractivity contribution in [3.05, 3.63) is 0 Å². The molecule has 0 aromatic heterocycles. The normalized spacial score (nSPS) is 4.43. The molecule has 0 bridgehead atoms. The number of hydrogen-bond acceptors (Lipinski definition) is 1. The molecular weight excluding hydrogens is 1160 g/mol. The number of rotatable bonds is 9. The Balaban J connectivity index is -0.000000000247. The fraction of sp³-hybridized carbons (Fsp3) is 0.421.